The minimum atomic E-state index is -0.613. The molecule has 7 heteroatoms. The van der Waals surface area contributed by atoms with Crippen molar-refractivity contribution in [2.75, 3.05) is 19.7 Å². The summed E-state index contributed by atoms with van der Waals surface area (Å²) in [5.41, 5.74) is 7.85. The molecule has 3 aromatic carbocycles. The van der Waals surface area contributed by atoms with E-state index in [9.17, 15) is 18.7 Å². The van der Waals surface area contributed by atoms with E-state index in [-0.39, 0.29) is 18.2 Å². The Balaban J connectivity index is 0.000000402. The van der Waals surface area contributed by atoms with E-state index in [0.29, 0.717) is 50.0 Å². The number of hydrogen-bond donors (Lipinski definition) is 2. The van der Waals surface area contributed by atoms with Crippen LogP contribution in [0.1, 0.15) is 43.0 Å². The van der Waals surface area contributed by atoms with Gasteiger partial charge in [-0.15, -0.1) is 0 Å². The van der Waals surface area contributed by atoms with Crippen molar-refractivity contribution in [3.63, 3.8) is 0 Å². The van der Waals surface area contributed by atoms with Gasteiger partial charge in [-0.25, -0.2) is 13.6 Å². The van der Waals surface area contributed by atoms with Crippen molar-refractivity contribution >= 4 is 6.09 Å². The Morgan fingerprint density at radius 2 is 1.30 bits per heavy atom. The lowest BCUT2D eigenvalue weighted by Gasteiger charge is -2.28. The number of benzene rings is 3. The highest BCUT2D eigenvalue weighted by Crippen LogP contribution is 2.17. The minimum Gasteiger partial charge on any atom is -0.444 e. The largest absolute Gasteiger partial charge is 0.444 e. The molecule has 0 atom stereocenters. The first-order chi connectivity index (χ1) is 17.6. The van der Waals surface area contributed by atoms with Gasteiger partial charge in [0.25, 0.3) is 0 Å². The Morgan fingerprint density at radius 1 is 0.811 bits per heavy atom. The molecular weight excluding hydrogens is 474 g/mol. The lowest BCUT2D eigenvalue weighted by molar-refractivity contribution is 0.0235. The summed E-state index contributed by atoms with van der Waals surface area (Å²) >= 11 is 0. The number of amides is 1. The van der Waals surface area contributed by atoms with E-state index in [0.717, 1.165) is 11.1 Å². The lowest BCUT2D eigenvalue weighted by atomic mass is 10.0. The first-order valence-electron chi connectivity index (χ1n) is 12.5. The summed E-state index contributed by atoms with van der Waals surface area (Å²) in [5, 5.41) is 9.28. The molecule has 0 aromatic heterocycles. The second-order valence-electron chi connectivity index (χ2n) is 9.62. The van der Waals surface area contributed by atoms with Crippen molar-refractivity contribution in [1.82, 2.24) is 4.90 Å². The average molecular weight is 513 g/mol. The zero-order valence-corrected chi connectivity index (χ0v) is 21.9. The van der Waals surface area contributed by atoms with E-state index in [1.807, 2.05) is 51.1 Å². The van der Waals surface area contributed by atoms with E-state index in [4.69, 9.17) is 10.5 Å². The Bertz CT molecular complexity index is 1120. The number of aliphatic hydroxyl groups is 1. The number of nitrogens with two attached hydrogens (primary N) is 1. The summed E-state index contributed by atoms with van der Waals surface area (Å²) in [4.78, 5) is 14.3. The Morgan fingerprint density at radius 3 is 1.78 bits per heavy atom. The minimum absolute atomic E-state index is 0.0404. The average Bonchev–Trinajstić information content (AvgIpc) is 2.85. The maximum Gasteiger partial charge on any atom is 0.410 e. The molecule has 0 saturated heterocycles. The smallest absolute Gasteiger partial charge is 0.410 e. The van der Waals surface area contributed by atoms with Crippen LogP contribution >= 0.6 is 0 Å². The summed E-state index contributed by atoms with van der Waals surface area (Å²) in [5.74, 6) is -0.435. The quantitative estimate of drug-likeness (QED) is 0.388. The number of carbonyl (C=O) groups is 1. The lowest BCUT2D eigenvalue weighted by Crippen LogP contribution is -2.38. The third-order valence-corrected chi connectivity index (χ3v) is 5.49. The summed E-state index contributed by atoms with van der Waals surface area (Å²) in [6.45, 7) is 6.68. The van der Waals surface area contributed by atoms with Gasteiger partial charge in [-0.3, -0.25) is 0 Å². The molecule has 0 fully saturated rings. The molecule has 0 aliphatic heterocycles. The van der Waals surface area contributed by atoms with Crippen molar-refractivity contribution in [1.29, 1.82) is 0 Å². The maximum atomic E-state index is 13.9. The molecule has 1 amide bonds. The fourth-order valence-electron chi connectivity index (χ4n) is 3.66. The van der Waals surface area contributed by atoms with Crippen molar-refractivity contribution in [3.05, 3.63) is 107 Å². The first kappa shape index (κ1) is 29.9. The molecule has 0 radical (unpaired) electrons. The van der Waals surface area contributed by atoms with Crippen LogP contribution in [0.15, 0.2) is 72.8 Å². The molecule has 0 spiro atoms. The highest BCUT2D eigenvalue weighted by atomic mass is 19.1. The van der Waals surface area contributed by atoms with Crippen molar-refractivity contribution in [2.45, 2.75) is 52.2 Å². The van der Waals surface area contributed by atoms with Gasteiger partial charge < -0.3 is 20.5 Å². The van der Waals surface area contributed by atoms with Crippen LogP contribution in [0.2, 0.25) is 0 Å². The van der Waals surface area contributed by atoms with Crippen LogP contribution in [0.25, 0.3) is 0 Å². The fourth-order valence-corrected chi connectivity index (χ4v) is 3.66. The van der Waals surface area contributed by atoms with Gasteiger partial charge in [0.2, 0.25) is 0 Å². The number of ether oxygens (including phenoxy) is 1. The molecule has 3 aromatic rings. The fraction of sp³-hybridized carbons (Fsp3) is 0.367. The molecule has 0 aliphatic carbocycles. The molecule has 0 aliphatic rings. The zero-order valence-electron chi connectivity index (χ0n) is 21.9. The third-order valence-electron chi connectivity index (χ3n) is 5.49. The topological polar surface area (TPSA) is 75.8 Å². The second-order valence-corrected chi connectivity index (χ2v) is 9.62. The van der Waals surface area contributed by atoms with E-state index in [2.05, 4.69) is 0 Å². The van der Waals surface area contributed by atoms with E-state index < -0.39 is 11.7 Å². The monoisotopic (exact) mass is 512 g/mol. The first-order valence-corrected chi connectivity index (χ1v) is 12.5. The van der Waals surface area contributed by atoms with Gasteiger partial charge in [-0.05, 0) is 81.0 Å². The second kappa shape index (κ2) is 15.1. The van der Waals surface area contributed by atoms with E-state index in [1.54, 1.807) is 35.2 Å². The zero-order chi connectivity index (χ0) is 27.3. The van der Waals surface area contributed by atoms with Crippen LogP contribution in [0, 0.1) is 11.6 Å². The number of hydrogen-bond acceptors (Lipinski definition) is 4. The number of halogens is 2. The summed E-state index contributed by atoms with van der Waals surface area (Å²) in [7, 11) is 0. The molecule has 0 heterocycles. The molecule has 0 bridgehead atoms. The van der Waals surface area contributed by atoms with Crippen LogP contribution in [-0.4, -0.2) is 41.4 Å². The molecule has 0 saturated carbocycles. The van der Waals surface area contributed by atoms with Gasteiger partial charge in [0.1, 0.15) is 17.2 Å². The Labute approximate surface area is 218 Å². The molecule has 3 rings (SSSR count). The van der Waals surface area contributed by atoms with Gasteiger partial charge in [0, 0.05) is 19.7 Å². The SMILES string of the molecule is CC(C)(C)OC(=O)N(CCc1ccccc1F)Cc1ccccc1CCO.NCCc1ccccc1F. The highest BCUT2D eigenvalue weighted by molar-refractivity contribution is 5.68. The van der Waals surface area contributed by atoms with Crippen molar-refractivity contribution in [2.24, 2.45) is 5.73 Å². The van der Waals surface area contributed by atoms with E-state index >= 15 is 0 Å². The van der Waals surface area contributed by atoms with Gasteiger partial charge in [-0.1, -0.05) is 60.7 Å². The highest BCUT2D eigenvalue weighted by Gasteiger charge is 2.23. The standard InChI is InChI=1S/C22H28FNO3.C8H10FN/c1-22(2,3)27-21(26)24(14-12-18-9-6-7-11-20(18)23)16-19-10-5-4-8-17(19)13-15-25;9-8-4-2-1-3-7(8)5-6-10/h4-11,25H,12-16H2,1-3H3;1-4H,5-6,10H2. The van der Waals surface area contributed by atoms with Crippen LogP contribution in [-0.2, 0) is 30.5 Å². The maximum absolute atomic E-state index is 13.9. The Hall–Kier alpha value is -3.29. The van der Waals surface area contributed by atoms with Gasteiger partial charge in [0.15, 0.2) is 0 Å². The van der Waals surface area contributed by atoms with Gasteiger partial charge in [-0.2, -0.15) is 0 Å². The molecule has 200 valence electrons. The summed E-state index contributed by atoms with van der Waals surface area (Å²) in [6, 6.07) is 21.0. The van der Waals surface area contributed by atoms with Gasteiger partial charge in [0.05, 0.1) is 0 Å². The molecule has 3 N–H and O–H groups in total. The van der Waals surface area contributed by atoms with Crippen LogP contribution in [0.5, 0.6) is 0 Å². The van der Waals surface area contributed by atoms with Crippen molar-refractivity contribution < 1.29 is 23.4 Å². The van der Waals surface area contributed by atoms with Gasteiger partial charge >= 0.3 is 6.09 Å². The normalized spacial score (nSPS) is 10.9. The van der Waals surface area contributed by atoms with Crippen LogP contribution < -0.4 is 5.73 Å². The number of rotatable bonds is 9. The number of carbonyl (C=O) groups excluding carboxylic acids is 1. The molecular formula is C30H38F2N2O3. The predicted octanol–water partition coefficient (Wildman–Crippen LogP) is 5.67. The molecule has 37 heavy (non-hydrogen) atoms. The van der Waals surface area contributed by atoms with Crippen molar-refractivity contribution in [3.8, 4) is 0 Å². The molecule has 5 nitrogen and oxygen atoms in total. The number of nitrogens with zero attached hydrogens (tertiary/aromatic N) is 1. The van der Waals surface area contributed by atoms with E-state index in [1.165, 1.54) is 12.1 Å². The summed E-state index contributed by atoms with van der Waals surface area (Å²) in [6.07, 6.45) is 1.10. The number of aliphatic hydroxyl groups excluding tert-OH is 1. The Kier molecular flexibility index (Phi) is 12.2. The molecule has 0 unspecified atom stereocenters. The van der Waals surface area contributed by atoms with Crippen LogP contribution in [0.3, 0.4) is 0 Å². The summed E-state index contributed by atoms with van der Waals surface area (Å²) < 4.78 is 32.2. The third kappa shape index (κ3) is 10.7. The predicted molar refractivity (Wildman–Crippen MR) is 143 cm³/mol. The van der Waals surface area contributed by atoms with Crippen LogP contribution in [0.4, 0.5) is 13.6 Å².